The molecule has 0 fully saturated rings. The molecule has 0 spiro atoms. The molecule has 130 valence electrons. The molecule has 0 aromatic rings. The lowest BCUT2D eigenvalue weighted by Crippen LogP contribution is -2.09. The molecule has 0 radical (unpaired) electrons. The monoisotopic (exact) mass is 318 g/mol. The van der Waals surface area contributed by atoms with Gasteiger partial charge in [-0.3, -0.25) is 9.59 Å². The maximum atomic E-state index is 11.1. The zero-order valence-electron chi connectivity index (χ0n) is 13.8. The van der Waals surface area contributed by atoms with Crippen LogP contribution in [0.4, 0.5) is 0 Å². The van der Waals surface area contributed by atoms with Gasteiger partial charge in [-0.1, -0.05) is 13.8 Å². The summed E-state index contributed by atoms with van der Waals surface area (Å²) in [6.45, 7) is 7.56. The third-order valence-corrected chi connectivity index (χ3v) is 2.77. The molecule has 6 nitrogen and oxygen atoms in total. The molecule has 0 aromatic heterocycles. The van der Waals surface area contributed by atoms with Crippen molar-refractivity contribution in [3.8, 4) is 0 Å². The van der Waals surface area contributed by atoms with E-state index in [0.717, 1.165) is 45.5 Å². The molecular weight excluding hydrogens is 288 g/mol. The van der Waals surface area contributed by atoms with E-state index >= 15 is 0 Å². The fourth-order valence-corrected chi connectivity index (χ4v) is 1.60. The summed E-state index contributed by atoms with van der Waals surface area (Å²) in [7, 11) is 0. The van der Waals surface area contributed by atoms with E-state index in [1.165, 1.54) is 0 Å². The molecule has 0 aliphatic rings. The van der Waals surface area contributed by atoms with E-state index in [9.17, 15) is 9.59 Å². The Balaban J connectivity index is 3.14. The number of hydrogen-bond donors (Lipinski definition) is 1. The van der Waals surface area contributed by atoms with Crippen LogP contribution >= 0.6 is 0 Å². The number of carboxylic acid groups (broad SMARTS) is 1. The first-order valence-corrected chi connectivity index (χ1v) is 8.05. The average molecular weight is 318 g/mol. The Hall–Kier alpha value is -1.14. The lowest BCUT2D eigenvalue weighted by Gasteiger charge is -2.07. The summed E-state index contributed by atoms with van der Waals surface area (Å²) in [5.41, 5.74) is 0. The van der Waals surface area contributed by atoms with Gasteiger partial charge in [0.15, 0.2) is 0 Å². The molecule has 0 saturated carbocycles. The molecule has 6 heteroatoms. The molecule has 0 aliphatic heterocycles. The van der Waals surface area contributed by atoms with Crippen LogP contribution in [0.2, 0.25) is 0 Å². The van der Waals surface area contributed by atoms with Gasteiger partial charge in [-0.15, -0.1) is 0 Å². The number of esters is 1. The molecule has 0 heterocycles. The van der Waals surface area contributed by atoms with Crippen LogP contribution in [-0.2, 0) is 23.8 Å². The first kappa shape index (κ1) is 20.9. The van der Waals surface area contributed by atoms with Gasteiger partial charge in [0.25, 0.3) is 0 Å². The fourth-order valence-electron chi connectivity index (χ4n) is 1.60. The van der Waals surface area contributed by atoms with E-state index in [0.29, 0.717) is 19.1 Å². The molecule has 0 rings (SSSR count). The topological polar surface area (TPSA) is 82.1 Å². The smallest absolute Gasteiger partial charge is 0.306 e. The Bertz CT molecular complexity index is 290. The van der Waals surface area contributed by atoms with Crippen LogP contribution in [-0.4, -0.2) is 50.1 Å². The molecule has 1 N–H and O–H groups in total. The van der Waals surface area contributed by atoms with Crippen LogP contribution in [0.1, 0.15) is 52.4 Å². The van der Waals surface area contributed by atoms with Crippen LogP contribution in [0, 0.1) is 5.92 Å². The highest BCUT2D eigenvalue weighted by Gasteiger charge is 2.05. The van der Waals surface area contributed by atoms with Gasteiger partial charge in [0, 0.05) is 26.4 Å². The minimum atomic E-state index is -0.986. The second-order valence-electron chi connectivity index (χ2n) is 5.61. The maximum absolute atomic E-state index is 11.1. The van der Waals surface area contributed by atoms with Crippen molar-refractivity contribution in [1.82, 2.24) is 0 Å². The number of carbonyl (C=O) groups excluding carboxylic acids is 1. The number of carbonyl (C=O) groups is 2. The summed E-state index contributed by atoms with van der Waals surface area (Å²) < 4.78 is 15.9. The molecule has 0 bridgehead atoms. The molecule has 0 atom stereocenters. The van der Waals surface area contributed by atoms with Gasteiger partial charge in [-0.2, -0.15) is 0 Å². The first-order chi connectivity index (χ1) is 10.5. The van der Waals surface area contributed by atoms with Crippen molar-refractivity contribution >= 4 is 11.9 Å². The van der Waals surface area contributed by atoms with Gasteiger partial charge < -0.3 is 19.3 Å². The largest absolute Gasteiger partial charge is 0.481 e. The van der Waals surface area contributed by atoms with Crippen LogP contribution in [0.25, 0.3) is 0 Å². The predicted molar refractivity (Wildman–Crippen MR) is 82.8 cm³/mol. The van der Waals surface area contributed by atoms with Crippen molar-refractivity contribution in [3.05, 3.63) is 0 Å². The first-order valence-electron chi connectivity index (χ1n) is 8.05. The standard InChI is InChI=1S/C16H30O6/c1-14(2)13-21-11-4-3-9-20-10-5-6-12-22-16(19)8-7-15(17)18/h14H,3-13H2,1-2H3,(H,17,18). The third kappa shape index (κ3) is 16.9. The van der Waals surface area contributed by atoms with Crippen LogP contribution < -0.4 is 0 Å². The summed E-state index contributed by atoms with van der Waals surface area (Å²) in [6.07, 6.45) is 3.32. The summed E-state index contributed by atoms with van der Waals surface area (Å²) in [4.78, 5) is 21.4. The SMILES string of the molecule is CC(C)COCCCCOCCCCOC(=O)CCC(=O)O. The second-order valence-corrected chi connectivity index (χ2v) is 5.61. The van der Waals surface area contributed by atoms with E-state index in [4.69, 9.17) is 19.3 Å². The van der Waals surface area contributed by atoms with E-state index in [1.807, 2.05) is 0 Å². The summed E-state index contributed by atoms with van der Waals surface area (Å²) >= 11 is 0. The maximum Gasteiger partial charge on any atom is 0.306 e. The Morgan fingerprint density at radius 1 is 0.864 bits per heavy atom. The van der Waals surface area contributed by atoms with Gasteiger partial charge in [0.1, 0.15) is 0 Å². The highest BCUT2D eigenvalue weighted by atomic mass is 16.5. The van der Waals surface area contributed by atoms with E-state index in [-0.39, 0.29) is 12.8 Å². The fraction of sp³-hybridized carbons (Fsp3) is 0.875. The lowest BCUT2D eigenvalue weighted by molar-refractivity contribution is -0.147. The Morgan fingerprint density at radius 2 is 1.41 bits per heavy atom. The molecule has 0 saturated heterocycles. The van der Waals surface area contributed by atoms with Gasteiger partial charge in [-0.25, -0.2) is 0 Å². The number of ether oxygens (including phenoxy) is 3. The zero-order valence-corrected chi connectivity index (χ0v) is 13.8. The Labute approximate surface area is 133 Å². The average Bonchev–Trinajstić information content (AvgIpc) is 2.45. The Kier molecular flexibility index (Phi) is 14.0. The Morgan fingerprint density at radius 3 is 1.95 bits per heavy atom. The van der Waals surface area contributed by atoms with Crippen molar-refractivity contribution in [2.75, 3.05) is 33.0 Å². The number of unbranched alkanes of at least 4 members (excludes halogenated alkanes) is 2. The molecule has 0 amide bonds. The summed E-state index contributed by atoms with van der Waals surface area (Å²) in [5, 5.41) is 8.41. The number of aliphatic carboxylic acids is 1. The quantitative estimate of drug-likeness (QED) is 0.369. The van der Waals surface area contributed by atoms with Crippen molar-refractivity contribution in [2.45, 2.75) is 52.4 Å². The van der Waals surface area contributed by atoms with Crippen molar-refractivity contribution in [3.63, 3.8) is 0 Å². The minimum Gasteiger partial charge on any atom is -0.481 e. The zero-order chi connectivity index (χ0) is 16.6. The molecule has 0 unspecified atom stereocenters. The molecule has 0 aromatic carbocycles. The van der Waals surface area contributed by atoms with Gasteiger partial charge in [0.05, 0.1) is 19.4 Å². The minimum absolute atomic E-state index is 0.0648. The van der Waals surface area contributed by atoms with Gasteiger partial charge >= 0.3 is 11.9 Å². The molecule has 22 heavy (non-hydrogen) atoms. The summed E-state index contributed by atoms with van der Waals surface area (Å²) in [5.74, 6) is -0.862. The normalized spacial score (nSPS) is 10.9. The number of rotatable bonds is 15. The van der Waals surface area contributed by atoms with Crippen molar-refractivity contribution in [1.29, 1.82) is 0 Å². The van der Waals surface area contributed by atoms with Crippen LogP contribution in [0.15, 0.2) is 0 Å². The molecular formula is C16H30O6. The van der Waals surface area contributed by atoms with Crippen molar-refractivity contribution in [2.24, 2.45) is 5.92 Å². The predicted octanol–water partition coefficient (Wildman–Crippen LogP) is 2.64. The van der Waals surface area contributed by atoms with Crippen molar-refractivity contribution < 1.29 is 28.9 Å². The highest BCUT2D eigenvalue weighted by molar-refractivity contribution is 5.76. The van der Waals surface area contributed by atoms with E-state index in [2.05, 4.69) is 13.8 Å². The number of hydrogen-bond acceptors (Lipinski definition) is 5. The summed E-state index contributed by atoms with van der Waals surface area (Å²) in [6, 6.07) is 0. The van der Waals surface area contributed by atoms with E-state index in [1.54, 1.807) is 0 Å². The molecule has 0 aliphatic carbocycles. The van der Waals surface area contributed by atoms with Crippen LogP contribution in [0.3, 0.4) is 0 Å². The second kappa shape index (κ2) is 14.8. The van der Waals surface area contributed by atoms with Crippen LogP contribution in [0.5, 0.6) is 0 Å². The highest BCUT2D eigenvalue weighted by Crippen LogP contribution is 1.99. The van der Waals surface area contributed by atoms with Gasteiger partial charge in [0.2, 0.25) is 0 Å². The van der Waals surface area contributed by atoms with Gasteiger partial charge in [-0.05, 0) is 31.6 Å². The third-order valence-electron chi connectivity index (χ3n) is 2.77. The van der Waals surface area contributed by atoms with E-state index < -0.39 is 11.9 Å². The lowest BCUT2D eigenvalue weighted by atomic mass is 10.2. The number of carboxylic acids is 1.